The molecule has 6 heteroatoms. The molecule has 0 atom stereocenters. The molecule has 0 radical (unpaired) electrons. The molecule has 1 rings (SSSR count). The minimum Gasteiger partial charge on any atom is -0.508 e. The van der Waals surface area contributed by atoms with Gasteiger partial charge in [0, 0.05) is 18.7 Å². The molecule has 80 valence electrons. The molecule has 0 amide bonds. The van der Waals surface area contributed by atoms with Crippen LogP contribution in [0.3, 0.4) is 0 Å². The van der Waals surface area contributed by atoms with Gasteiger partial charge in [0.25, 0.3) is 0 Å². The normalized spacial score (nSPS) is 10.0. The van der Waals surface area contributed by atoms with Crippen molar-refractivity contribution in [3.63, 3.8) is 0 Å². The van der Waals surface area contributed by atoms with Crippen molar-refractivity contribution in [2.45, 2.75) is 6.42 Å². The molecule has 3 N–H and O–H groups in total. The van der Waals surface area contributed by atoms with Crippen molar-refractivity contribution in [1.29, 1.82) is 0 Å². The van der Waals surface area contributed by atoms with Crippen LogP contribution in [0.5, 0.6) is 11.5 Å². The molecule has 0 aliphatic carbocycles. The number of benzene rings is 1. The van der Waals surface area contributed by atoms with E-state index in [1.807, 2.05) is 0 Å². The monoisotopic (exact) mass is 273 g/mol. The van der Waals surface area contributed by atoms with Crippen LogP contribution in [-0.2, 0) is 30.7 Å². The van der Waals surface area contributed by atoms with Crippen molar-refractivity contribution in [3.8, 4) is 11.5 Å². The number of nitrogens with zero attached hydrogens (tertiary/aromatic N) is 1. The summed E-state index contributed by atoms with van der Waals surface area (Å²) in [5.74, 6) is -1.04. The molecule has 0 aromatic heterocycles. The molecule has 0 bridgehead atoms. The summed E-state index contributed by atoms with van der Waals surface area (Å²) in [5.41, 5.74) is 0.585. The minimum atomic E-state index is -0.999. The smallest absolute Gasteiger partial charge is 0.508 e. The molecule has 1 aromatic rings. The molecule has 16 heavy (non-hydrogen) atoms. The summed E-state index contributed by atoms with van der Waals surface area (Å²) in [6, 6.07) is 4.22. The summed E-state index contributed by atoms with van der Waals surface area (Å²) in [6.45, 7) is -0.279. The van der Waals surface area contributed by atoms with E-state index in [-0.39, 0.29) is 37.5 Å². The molecular weight excluding hydrogens is 264 g/mol. The molecule has 0 aliphatic rings. The third kappa shape index (κ3) is 4.89. The molecule has 1 aromatic carbocycles. The first-order valence-electron chi connectivity index (χ1n) is 4.30. The molecule has 0 saturated carbocycles. The molecule has 0 unspecified atom stereocenters. The third-order valence-corrected chi connectivity index (χ3v) is 1.74. The number of phenolic OH excluding ortho intramolecular Hbond substituents is 2. The minimum absolute atomic E-state index is 0. The van der Waals surface area contributed by atoms with Crippen LogP contribution >= 0.6 is 0 Å². The Bertz CT molecular complexity index is 392. The molecular formula is C10H11NO4Zn+2. The van der Waals surface area contributed by atoms with Gasteiger partial charge in [0.1, 0.15) is 18.0 Å². The maximum atomic E-state index is 10.1. The molecule has 0 fully saturated rings. The first kappa shape index (κ1) is 14.6. The van der Waals surface area contributed by atoms with Crippen LogP contribution in [0.25, 0.3) is 0 Å². The topological polar surface area (TPSA) is 90.1 Å². The maximum Gasteiger partial charge on any atom is 2.00 e. The van der Waals surface area contributed by atoms with Gasteiger partial charge in [0.15, 0.2) is 0 Å². The van der Waals surface area contributed by atoms with Crippen LogP contribution in [0.4, 0.5) is 0 Å². The Morgan fingerprint density at radius 2 is 2.06 bits per heavy atom. The van der Waals surface area contributed by atoms with Crippen LogP contribution in [-0.4, -0.2) is 34.0 Å². The second kappa shape index (κ2) is 6.96. The predicted octanol–water partition coefficient (Wildman–Crippen LogP) is 0.793. The average molecular weight is 275 g/mol. The van der Waals surface area contributed by atoms with Gasteiger partial charge in [-0.05, 0) is 11.6 Å². The van der Waals surface area contributed by atoms with E-state index in [4.69, 9.17) is 10.2 Å². The SMILES string of the molecule is O=C(O)CN=CCc1ccc(O)cc1O.[Zn+2]. The number of carbonyl (C=O) groups is 1. The van der Waals surface area contributed by atoms with E-state index in [0.717, 1.165) is 0 Å². The number of carboxylic acids is 1. The van der Waals surface area contributed by atoms with Gasteiger partial charge in [-0.2, -0.15) is 0 Å². The summed E-state index contributed by atoms with van der Waals surface area (Å²) < 4.78 is 0. The molecule has 0 aliphatic heterocycles. The van der Waals surface area contributed by atoms with Crippen LogP contribution in [0, 0.1) is 0 Å². The molecule has 0 spiro atoms. The summed E-state index contributed by atoms with van der Waals surface area (Å²) in [4.78, 5) is 13.8. The Labute approximate surface area is 105 Å². The van der Waals surface area contributed by atoms with Crippen molar-refractivity contribution in [3.05, 3.63) is 23.8 Å². The van der Waals surface area contributed by atoms with Crippen LogP contribution in [0.2, 0.25) is 0 Å². The Morgan fingerprint density at radius 3 is 2.62 bits per heavy atom. The third-order valence-electron chi connectivity index (χ3n) is 1.74. The number of rotatable bonds is 4. The summed E-state index contributed by atoms with van der Waals surface area (Å²) >= 11 is 0. The number of aromatic hydroxyl groups is 2. The molecule has 0 heterocycles. The van der Waals surface area contributed by atoms with Gasteiger partial charge >= 0.3 is 25.4 Å². The zero-order chi connectivity index (χ0) is 11.3. The molecule has 5 nitrogen and oxygen atoms in total. The largest absolute Gasteiger partial charge is 2.00 e. The van der Waals surface area contributed by atoms with Crippen LogP contribution in [0.1, 0.15) is 5.56 Å². The second-order valence-electron chi connectivity index (χ2n) is 2.93. The molecule has 0 saturated heterocycles. The van der Waals surface area contributed by atoms with Crippen LogP contribution in [0.15, 0.2) is 23.2 Å². The number of hydrogen-bond acceptors (Lipinski definition) is 4. The zero-order valence-corrected chi connectivity index (χ0v) is 11.6. The average Bonchev–Trinajstić information content (AvgIpc) is 2.14. The summed E-state index contributed by atoms with van der Waals surface area (Å²) in [7, 11) is 0. The first-order chi connectivity index (χ1) is 7.09. The van der Waals surface area contributed by atoms with Gasteiger partial charge in [-0.3, -0.25) is 9.79 Å². The van der Waals surface area contributed by atoms with Gasteiger partial charge in [0.05, 0.1) is 0 Å². The maximum absolute atomic E-state index is 10.1. The summed E-state index contributed by atoms with van der Waals surface area (Å²) in [6.07, 6.45) is 1.75. The van der Waals surface area contributed by atoms with E-state index in [1.165, 1.54) is 18.3 Å². The van der Waals surface area contributed by atoms with Crippen molar-refractivity contribution in [2.75, 3.05) is 6.54 Å². The van der Waals surface area contributed by atoms with Gasteiger partial charge < -0.3 is 15.3 Å². The Balaban J connectivity index is 0.00000225. The Hall–Kier alpha value is -1.42. The van der Waals surface area contributed by atoms with Gasteiger partial charge in [-0.15, -0.1) is 0 Å². The van der Waals surface area contributed by atoms with Crippen molar-refractivity contribution >= 4 is 12.2 Å². The fourth-order valence-corrected chi connectivity index (χ4v) is 1.03. The van der Waals surface area contributed by atoms with E-state index >= 15 is 0 Å². The van der Waals surface area contributed by atoms with Crippen molar-refractivity contribution in [2.24, 2.45) is 4.99 Å². The number of phenols is 2. The van der Waals surface area contributed by atoms with Crippen LogP contribution < -0.4 is 0 Å². The second-order valence-corrected chi connectivity index (χ2v) is 2.93. The van der Waals surface area contributed by atoms with Crippen molar-refractivity contribution in [1.82, 2.24) is 0 Å². The Kier molecular flexibility index (Phi) is 6.34. The number of hydrogen-bond donors (Lipinski definition) is 3. The fourth-order valence-electron chi connectivity index (χ4n) is 1.03. The number of aliphatic carboxylic acids is 1. The quantitative estimate of drug-likeness (QED) is 0.559. The standard InChI is InChI=1S/C10H11NO4.Zn/c12-8-2-1-7(9(13)5-8)3-4-11-6-10(14)15;/h1-2,4-5,12-13H,3,6H2,(H,14,15);/q;+2. The first-order valence-corrected chi connectivity index (χ1v) is 4.30. The van der Waals surface area contributed by atoms with E-state index in [1.54, 1.807) is 6.07 Å². The van der Waals surface area contributed by atoms with Gasteiger partial charge in [-0.1, -0.05) is 6.07 Å². The predicted molar refractivity (Wildman–Crippen MR) is 54.5 cm³/mol. The van der Waals surface area contributed by atoms with Crippen molar-refractivity contribution < 1.29 is 39.6 Å². The van der Waals surface area contributed by atoms with E-state index < -0.39 is 5.97 Å². The zero-order valence-electron chi connectivity index (χ0n) is 8.63. The Morgan fingerprint density at radius 1 is 1.38 bits per heavy atom. The number of aliphatic imine (C=N–C) groups is 1. The van der Waals surface area contributed by atoms with E-state index in [0.29, 0.717) is 12.0 Å². The number of carboxylic acid groups (broad SMARTS) is 1. The summed E-state index contributed by atoms with van der Waals surface area (Å²) in [5, 5.41) is 26.7. The van der Waals surface area contributed by atoms with E-state index in [9.17, 15) is 9.90 Å². The van der Waals surface area contributed by atoms with Gasteiger partial charge in [0.2, 0.25) is 0 Å². The fraction of sp³-hybridized carbons (Fsp3) is 0.200. The van der Waals surface area contributed by atoms with E-state index in [2.05, 4.69) is 4.99 Å². The van der Waals surface area contributed by atoms with Gasteiger partial charge in [-0.25, -0.2) is 0 Å².